The van der Waals surface area contributed by atoms with Gasteiger partial charge in [0.1, 0.15) is 10.5 Å². The maximum atomic E-state index is 4.68. The standard InChI is InChI=1S/C10H10.C2H8OSi/c1-3-9-7-5-6-8-10(9)4-2;1-2-3-4/h3-8H,1-2H2;2H2,1,4H3. The summed E-state index contributed by atoms with van der Waals surface area (Å²) < 4.78 is 4.68. The van der Waals surface area contributed by atoms with Crippen LogP contribution in [-0.4, -0.2) is 17.1 Å². The molecule has 2 heteroatoms. The lowest BCUT2D eigenvalue weighted by Crippen LogP contribution is -1.76. The molecule has 0 saturated heterocycles. The van der Waals surface area contributed by atoms with Crippen LogP contribution in [-0.2, 0) is 4.43 Å². The molecule has 0 aliphatic rings. The van der Waals surface area contributed by atoms with Gasteiger partial charge in [0.25, 0.3) is 0 Å². The molecule has 0 aliphatic heterocycles. The zero-order valence-electron chi connectivity index (χ0n) is 8.99. The lowest BCUT2D eigenvalue weighted by Gasteiger charge is -1.96. The molecule has 0 spiro atoms. The van der Waals surface area contributed by atoms with E-state index in [4.69, 9.17) is 0 Å². The minimum absolute atomic E-state index is 0.881. The highest BCUT2D eigenvalue weighted by Crippen LogP contribution is 2.10. The minimum Gasteiger partial charge on any atom is -0.428 e. The van der Waals surface area contributed by atoms with E-state index in [-0.39, 0.29) is 0 Å². The summed E-state index contributed by atoms with van der Waals surface area (Å²) >= 11 is 0. The first-order valence-corrected chi connectivity index (χ1v) is 5.44. The average Bonchev–Trinajstić information content (AvgIpc) is 2.29. The van der Waals surface area contributed by atoms with Gasteiger partial charge in [0.15, 0.2) is 0 Å². The van der Waals surface area contributed by atoms with Gasteiger partial charge in [-0.1, -0.05) is 49.6 Å². The van der Waals surface area contributed by atoms with E-state index < -0.39 is 0 Å². The van der Waals surface area contributed by atoms with Gasteiger partial charge in [-0.3, -0.25) is 0 Å². The van der Waals surface area contributed by atoms with E-state index in [1.807, 2.05) is 43.3 Å². The largest absolute Gasteiger partial charge is 0.428 e. The Labute approximate surface area is 89.7 Å². The number of rotatable bonds is 3. The van der Waals surface area contributed by atoms with Crippen molar-refractivity contribution in [2.45, 2.75) is 6.92 Å². The van der Waals surface area contributed by atoms with Crippen LogP contribution in [0, 0.1) is 0 Å². The third-order valence-corrected chi connectivity index (χ3v) is 2.30. The lowest BCUT2D eigenvalue weighted by molar-refractivity contribution is 0.375. The lowest BCUT2D eigenvalue weighted by atomic mass is 10.1. The Morgan fingerprint density at radius 3 is 1.79 bits per heavy atom. The molecule has 0 radical (unpaired) electrons. The van der Waals surface area contributed by atoms with Crippen LogP contribution in [0.1, 0.15) is 18.1 Å². The topological polar surface area (TPSA) is 9.23 Å². The molecule has 0 unspecified atom stereocenters. The van der Waals surface area contributed by atoms with Gasteiger partial charge in [-0.2, -0.15) is 0 Å². The quantitative estimate of drug-likeness (QED) is 0.689. The molecule has 14 heavy (non-hydrogen) atoms. The molecular formula is C12H18OSi. The molecule has 0 aromatic heterocycles. The van der Waals surface area contributed by atoms with E-state index in [2.05, 4.69) is 17.6 Å². The van der Waals surface area contributed by atoms with Crippen molar-refractivity contribution in [3.63, 3.8) is 0 Å². The molecule has 0 N–H and O–H groups in total. The van der Waals surface area contributed by atoms with Crippen molar-refractivity contribution in [1.82, 2.24) is 0 Å². The smallest absolute Gasteiger partial charge is 0.145 e. The van der Waals surface area contributed by atoms with Crippen LogP contribution in [0.2, 0.25) is 0 Å². The van der Waals surface area contributed by atoms with E-state index >= 15 is 0 Å². The molecule has 76 valence electrons. The highest BCUT2D eigenvalue weighted by molar-refractivity contribution is 5.97. The zero-order valence-corrected chi connectivity index (χ0v) is 11.0. The monoisotopic (exact) mass is 206 g/mol. The second-order valence-corrected chi connectivity index (χ2v) is 3.19. The summed E-state index contributed by atoms with van der Waals surface area (Å²) in [5.41, 5.74) is 2.27. The van der Waals surface area contributed by atoms with E-state index in [1.54, 1.807) is 0 Å². The third-order valence-electron chi connectivity index (χ3n) is 1.72. The second-order valence-electron chi connectivity index (χ2n) is 2.61. The summed E-state index contributed by atoms with van der Waals surface area (Å²) in [5, 5.41) is 0. The molecule has 1 aromatic carbocycles. The van der Waals surface area contributed by atoms with Crippen molar-refractivity contribution in [2.75, 3.05) is 6.61 Å². The fraction of sp³-hybridized carbons (Fsp3) is 0.167. The number of benzene rings is 1. The Bertz CT molecular complexity index is 252. The summed E-state index contributed by atoms with van der Waals surface area (Å²) in [6.07, 6.45) is 3.66. The Balaban J connectivity index is 0.000000364. The predicted octanol–water partition coefficient (Wildman–Crippen LogP) is 2.28. The van der Waals surface area contributed by atoms with Gasteiger partial charge >= 0.3 is 0 Å². The number of hydrogen-bond acceptors (Lipinski definition) is 1. The molecule has 0 aliphatic carbocycles. The molecular weight excluding hydrogens is 188 g/mol. The van der Waals surface area contributed by atoms with Crippen molar-refractivity contribution in [1.29, 1.82) is 0 Å². The molecule has 0 bridgehead atoms. The summed E-state index contributed by atoms with van der Waals surface area (Å²) in [4.78, 5) is 0. The Hall–Kier alpha value is -1.12. The molecule has 0 heterocycles. The molecule has 0 saturated carbocycles. The van der Waals surface area contributed by atoms with Gasteiger partial charge < -0.3 is 4.43 Å². The van der Waals surface area contributed by atoms with Gasteiger partial charge in [-0.15, -0.1) is 0 Å². The van der Waals surface area contributed by atoms with Gasteiger partial charge in [0, 0.05) is 6.61 Å². The third kappa shape index (κ3) is 4.79. The average molecular weight is 206 g/mol. The van der Waals surface area contributed by atoms with E-state index in [0.29, 0.717) is 0 Å². The zero-order chi connectivity index (χ0) is 10.8. The maximum absolute atomic E-state index is 4.68. The SMILES string of the molecule is C=Cc1ccccc1C=C.CCO[SiH3]. The van der Waals surface area contributed by atoms with Crippen LogP contribution in [0.15, 0.2) is 37.4 Å². The summed E-state index contributed by atoms with van der Waals surface area (Å²) in [7, 11) is 0.890. The summed E-state index contributed by atoms with van der Waals surface area (Å²) in [6.45, 7) is 10.3. The van der Waals surface area contributed by atoms with Crippen molar-refractivity contribution in [2.24, 2.45) is 0 Å². The van der Waals surface area contributed by atoms with Crippen molar-refractivity contribution >= 4 is 22.6 Å². The number of hydrogen-bond donors (Lipinski definition) is 0. The second kappa shape index (κ2) is 8.47. The highest BCUT2D eigenvalue weighted by atomic mass is 28.2. The first-order valence-electron chi connectivity index (χ1n) is 4.63. The fourth-order valence-corrected chi connectivity index (χ4v) is 0.883. The molecule has 0 fully saturated rings. The normalized spacial score (nSPS) is 8.64. The van der Waals surface area contributed by atoms with Crippen LogP contribution in [0.25, 0.3) is 12.2 Å². The van der Waals surface area contributed by atoms with Crippen LogP contribution in [0.3, 0.4) is 0 Å². The van der Waals surface area contributed by atoms with Gasteiger partial charge in [-0.25, -0.2) is 0 Å². The fourth-order valence-electron chi connectivity index (χ4n) is 0.883. The van der Waals surface area contributed by atoms with E-state index in [1.165, 1.54) is 0 Å². The molecule has 1 rings (SSSR count). The molecule has 0 atom stereocenters. The van der Waals surface area contributed by atoms with Crippen LogP contribution < -0.4 is 0 Å². The van der Waals surface area contributed by atoms with E-state index in [0.717, 1.165) is 28.2 Å². The van der Waals surface area contributed by atoms with Crippen LogP contribution in [0.4, 0.5) is 0 Å². The first-order chi connectivity index (χ1) is 6.79. The molecule has 1 nitrogen and oxygen atoms in total. The van der Waals surface area contributed by atoms with Crippen LogP contribution >= 0.6 is 0 Å². The van der Waals surface area contributed by atoms with Crippen molar-refractivity contribution < 1.29 is 4.43 Å². The van der Waals surface area contributed by atoms with Crippen molar-refractivity contribution in [3.8, 4) is 0 Å². The molecule has 0 amide bonds. The summed E-state index contributed by atoms with van der Waals surface area (Å²) in [6, 6.07) is 8.02. The molecule has 1 aromatic rings. The Morgan fingerprint density at radius 2 is 1.57 bits per heavy atom. The Morgan fingerprint density at radius 1 is 1.21 bits per heavy atom. The van der Waals surface area contributed by atoms with Gasteiger partial charge in [0.05, 0.1) is 0 Å². The minimum atomic E-state index is 0.881. The van der Waals surface area contributed by atoms with Gasteiger partial charge in [0.2, 0.25) is 0 Å². The predicted molar refractivity (Wildman–Crippen MR) is 68.2 cm³/mol. The van der Waals surface area contributed by atoms with E-state index in [9.17, 15) is 0 Å². The highest BCUT2D eigenvalue weighted by Gasteiger charge is 1.89. The summed E-state index contributed by atoms with van der Waals surface area (Å²) in [5.74, 6) is 0. The maximum Gasteiger partial charge on any atom is 0.145 e. The Kier molecular flexibility index (Phi) is 7.79. The van der Waals surface area contributed by atoms with Crippen LogP contribution in [0.5, 0.6) is 0 Å². The van der Waals surface area contributed by atoms with Gasteiger partial charge in [-0.05, 0) is 18.1 Å². The van der Waals surface area contributed by atoms with Crippen molar-refractivity contribution in [3.05, 3.63) is 48.6 Å². The first kappa shape index (κ1) is 12.9.